The van der Waals surface area contributed by atoms with Crippen molar-refractivity contribution in [1.29, 1.82) is 0 Å². The number of anilines is 3. The summed E-state index contributed by atoms with van der Waals surface area (Å²) in [5.74, 6) is 0.0810. The number of H-pyrrole nitrogens is 1. The second-order valence-electron chi connectivity index (χ2n) is 6.54. The van der Waals surface area contributed by atoms with Crippen LogP contribution in [0.25, 0.3) is 0 Å². The van der Waals surface area contributed by atoms with Crippen LogP contribution in [0.15, 0.2) is 48.5 Å². The van der Waals surface area contributed by atoms with Crippen LogP contribution in [-0.2, 0) is 19.0 Å². The molecule has 4 rings (SSSR count). The molecule has 1 aromatic heterocycles. The minimum absolute atomic E-state index is 0.0775. The molecule has 0 spiro atoms. The lowest BCUT2D eigenvalue weighted by molar-refractivity contribution is -0.137. The van der Waals surface area contributed by atoms with Gasteiger partial charge in [0.25, 0.3) is 0 Å². The smallest absolute Gasteiger partial charge is 0.334 e. The molecule has 2 heterocycles. The molecule has 0 saturated heterocycles. The molecular formula is C18H13F6N5S. The van der Waals surface area contributed by atoms with Crippen molar-refractivity contribution in [1.82, 2.24) is 14.8 Å². The van der Waals surface area contributed by atoms with Gasteiger partial charge in [0.2, 0.25) is 5.95 Å². The third-order valence-corrected chi connectivity index (χ3v) is 4.97. The van der Waals surface area contributed by atoms with E-state index in [9.17, 15) is 26.3 Å². The summed E-state index contributed by atoms with van der Waals surface area (Å²) < 4.78 is 82.7. The molecule has 0 fully saturated rings. The normalized spacial score (nSPS) is 14.7. The van der Waals surface area contributed by atoms with Crippen molar-refractivity contribution in [2.75, 3.05) is 16.5 Å². The summed E-state index contributed by atoms with van der Waals surface area (Å²) in [6.07, 6.45) is -9.30. The van der Waals surface area contributed by atoms with Crippen molar-refractivity contribution in [2.45, 2.75) is 19.0 Å². The van der Waals surface area contributed by atoms with E-state index in [4.69, 9.17) is 12.2 Å². The van der Waals surface area contributed by atoms with Crippen LogP contribution in [0, 0.1) is 4.77 Å². The van der Waals surface area contributed by atoms with Gasteiger partial charge in [-0.1, -0.05) is 24.3 Å². The molecule has 30 heavy (non-hydrogen) atoms. The van der Waals surface area contributed by atoms with Gasteiger partial charge in [-0.25, -0.2) is 5.10 Å². The Hall–Kier alpha value is -3.02. The van der Waals surface area contributed by atoms with Crippen LogP contribution >= 0.6 is 12.2 Å². The minimum Gasteiger partial charge on any atom is -0.334 e. The zero-order valence-electron chi connectivity index (χ0n) is 15.0. The highest BCUT2D eigenvalue weighted by molar-refractivity contribution is 7.71. The molecule has 0 radical (unpaired) electrons. The first-order valence-electron chi connectivity index (χ1n) is 8.57. The first-order chi connectivity index (χ1) is 14.1. The van der Waals surface area contributed by atoms with Crippen LogP contribution in [0.4, 0.5) is 43.7 Å². The number of nitrogens with one attached hydrogen (secondary N) is 1. The highest BCUT2D eigenvalue weighted by Crippen LogP contribution is 2.42. The number of para-hydroxylation sites is 2. The Morgan fingerprint density at radius 3 is 1.93 bits per heavy atom. The van der Waals surface area contributed by atoms with E-state index in [1.807, 2.05) is 0 Å². The molecule has 5 nitrogen and oxygen atoms in total. The first kappa shape index (κ1) is 20.3. The Morgan fingerprint density at radius 1 is 0.800 bits per heavy atom. The maximum absolute atomic E-state index is 13.6. The summed E-state index contributed by atoms with van der Waals surface area (Å²) >= 11 is 5.14. The summed E-state index contributed by atoms with van der Waals surface area (Å²) in [6.45, 7) is -0.401. The van der Waals surface area contributed by atoms with E-state index in [1.165, 1.54) is 50.8 Å². The molecule has 1 N–H and O–H groups in total. The van der Waals surface area contributed by atoms with Gasteiger partial charge in [0.15, 0.2) is 4.77 Å². The lowest BCUT2D eigenvalue weighted by Crippen LogP contribution is -2.44. The number of nitrogens with zero attached hydrogens (tertiary/aromatic N) is 4. The molecule has 12 heteroatoms. The van der Waals surface area contributed by atoms with Gasteiger partial charge < -0.3 is 4.90 Å². The van der Waals surface area contributed by atoms with Gasteiger partial charge in [0.05, 0.1) is 29.2 Å². The number of hydrogen-bond donors (Lipinski definition) is 1. The van der Waals surface area contributed by atoms with Crippen molar-refractivity contribution in [3.63, 3.8) is 0 Å². The number of aromatic nitrogens is 3. The van der Waals surface area contributed by atoms with Gasteiger partial charge in [0.1, 0.15) is 6.67 Å². The quantitative estimate of drug-likeness (QED) is 0.415. The molecule has 0 atom stereocenters. The minimum atomic E-state index is -4.67. The molecular weight excluding hydrogens is 432 g/mol. The van der Waals surface area contributed by atoms with Crippen molar-refractivity contribution >= 4 is 29.5 Å². The Balaban J connectivity index is 1.87. The average molecular weight is 445 g/mol. The topological polar surface area (TPSA) is 40.1 Å². The van der Waals surface area contributed by atoms with Gasteiger partial charge in [0, 0.05) is 0 Å². The Bertz CT molecular complexity index is 1130. The molecule has 3 aromatic rings. The fourth-order valence-electron chi connectivity index (χ4n) is 3.37. The number of rotatable bonds is 2. The lowest BCUT2D eigenvalue weighted by Gasteiger charge is -2.39. The molecule has 2 aromatic carbocycles. The van der Waals surface area contributed by atoms with E-state index in [2.05, 4.69) is 10.2 Å². The van der Waals surface area contributed by atoms with Gasteiger partial charge in [-0.3, -0.25) is 9.47 Å². The number of hydrogen-bond acceptors (Lipinski definition) is 4. The third-order valence-electron chi connectivity index (χ3n) is 4.65. The van der Waals surface area contributed by atoms with Crippen molar-refractivity contribution in [2.24, 2.45) is 0 Å². The maximum Gasteiger partial charge on any atom is 0.418 e. The highest BCUT2D eigenvalue weighted by atomic mass is 32.1. The van der Waals surface area contributed by atoms with E-state index in [-0.39, 0.29) is 35.4 Å². The zero-order chi connectivity index (χ0) is 21.7. The predicted octanol–water partition coefficient (Wildman–Crippen LogP) is 5.55. The number of alkyl halides is 6. The van der Waals surface area contributed by atoms with Crippen LogP contribution < -0.4 is 9.80 Å². The SMILES string of the molecule is FC(F)(F)c1ccccc1N1CN(c2ccccc2C(F)(F)F)c2n[nH]c(=S)n2C1. The largest absolute Gasteiger partial charge is 0.418 e. The maximum atomic E-state index is 13.6. The number of benzene rings is 2. The second-order valence-corrected chi connectivity index (χ2v) is 6.92. The fourth-order valence-corrected chi connectivity index (χ4v) is 3.55. The predicted molar refractivity (Wildman–Crippen MR) is 99.8 cm³/mol. The zero-order valence-corrected chi connectivity index (χ0v) is 15.8. The summed E-state index contributed by atoms with van der Waals surface area (Å²) in [6, 6.07) is 9.68. The summed E-state index contributed by atoms with van der Waals surface area (Å²) in [4.78, 5) is 2.49. The standard InChI is InChI=1S/C18H13F6N5S/c19-17(20,21)11-5-1-3-7-13(11)27-9-28(15-25-26-16(30)29(15)10-27)14-8-4-2-6-12(14)18(22,23)24/h1-8H,9-10H2,(H,26,30). The van der Waals surface area contributed by atoms with E-state index < -0.39 is 23.5 Å². The van der Waals surface area contributed by atoms with E-state index in [1.54, 1.807) is 0 Å². The van der Waals surface area contributed by atoms with Crippen LogP contribution in [0.3, 0.4) is 0 Å². The van der Waals surface area contributed by atoms with Crippen molar-refractivity contribution in [3.8, 4) is 0 Å². The average Bonchev–Trinajstić information content (AvgIpc) is 3.07. The van der Waals surface area contributed by atoms with Gasteiger partial charge in [-0.15, -0.1) is 5.10 Å². The number of fused-ring (bicyclic) bond motifs is 1. The highest BCUT2D eigenvalue weighted by Gasteiger charge is 2.39. The van der Waals surface area contributed by atoms with Crippen molar-refractivity contribution in [3.05, 3.63) is 64.4 Å². The monoisotopic (exact) mass is 445 g/mol. The van der Waals surface area contributed by atoms with E-state index in [0.717, 1.165) is 12.1 Å². The van der Waals surface area contributed by atoms with Crippen LogP contribution in [0.2, 0.25) is 0 Å². The number of halogens is 6. The van der Waals surface area contributed by atoms with Crippen LogP contribution in [0.5, 0.6) is 0 Å². The molecule has 0 bridgehead atoms. The van der Waals surface area contributed by atoms with Gasteiger partial charge in [-0.05, 0) is 36.5 Å². The van der Waals surface area contributed by atoms with Crippen LogP contribution in [-0.4, -0.2) is 21.4 Å². The van der Waals surface area contributed by atoms with Crippen LogP contribution in [0.1, 0.15) is 11.1 Å². The molecule has 0 unspecified atom stereocenters. The molecule has 1 aliphatic rings. The molecule has 0 aliphatic carbocycles. The fraction of sp³-hybridized carbons (Fsp3) is 0.222. The second kappa shape index (κ2) is 7.04. The molecule has 0 saturated carbocycles. The van der Waals surface area contributed by atoms with Crippen molar-refractivity contribution < 1.29 is 26.3 Å². The first-order valence-corrected chi connectivity index (χ1v) is 8.98. The van der Waals surface area contributed by atoms with E-state index >= 15 is 0 Å². The Morgan fingerprint density at radius 2 is 1.33 bits per heavy atom. The summed E-state index contributed by atoms with van der Waals surface area (Å²) in [5, 5.41) is 6.49. The van der Waals surface area contributed by atoms with Gasteiger partial charge in [-0.2, -0.15) is 26.3 Å². The van der Waals surface area contributed by atoms with Gasteiger partial charge >= 0.3 is 12.4 Å². The van der Waals surface area contributed by atoms with E-state index in [0.29, 0.717) is 0 Å². The molecule has 0 amide bonds. The molecule has 158 valence electrons. The summed E-state index contributed by atoms with van der Waals surface area (Å²) in [5.41, 5.74) is -2.24. The third kappa shape index (κ3) is 3.51. The Kier molecular flexibility index (Phi) is 4.76. The molecule has 1 aliphatic heterocycles. The Labute approximate surface area is 171 Å². The lowest BCUT2D eigenvalue weighted by atomic mass is 10.1. The summed E-state index contributed by atoms with van der Waals surface area (Å²) in [7, 11) is 0. The number of aromatic amines is 1.